The molecule has 3 fully saturated rings. The molecule has 114 valence electrons. The molecule has 1 heterocycles. The van der Waals surface area contributed by atoms with E-state index in [4.69, 9.17) is 5.73 Å². The van der Waals surface area contributed by atoms with E-state index in [-0.39, 0.29) is 12.0 Å². The van der Waals surface area contributed by atoms with Gasteiger partial charge in [-0.25, -0.2) is 0 Å². The number of hydrogen-bond donors (Lipinski definition) is 2. The monoisotopic (exact) mass is 279 g/mol. The van der Waals surface area contributed by atoms with Crippen LogP contribution < -0.4 is 5.73 Å². The Kier molecular flexibility index (Phi) is 3.69. The van der Waals surface area contributed by atoms with E-state index in [0.717, 1.165) is 31.8 Å². The van der Waals surface area contributed by atoms with Gasteiger partial charge in [0.05, 0.1) is 13.2 Å². The van der Waals surface area contributed by atoms with Gasteiger partial charge in [-0.3, -0.25) is 4.99 Å². The van der Waals surface area contributed by atoms with Crippen LogP contribution in [0.25, 0.3) is 0 Å². The summed E-state index contributed by atoms with van der Waals surface area (Å²) >= 11 is 0. The van der Waals surface area contributed by atoms with E-state index >= 15 is 0 Å². The summed E-state index contributed by atoms with van der Waals surface area (Å²) < 4.78 is 0. The van der Waals surface area contributed by atoms with Crippen LogP contribution >= 0.6 is 0 Å². The summed E-state index contributed by atoms with van der Waals surface area (Å²) in [6, 6.07) is 0. The summed E-state index contributed by atoms with van der Waals surface area (Å²) in [4.78, 5) is 6.83. The molecular weight excluding hydrogens is 250 g/mol. The van der Waals surface area contributed by atoms with Crippen molar-refractivity contribution in [1.82, 2.24) is 4.90 Å². The van der Waals surface area contributed by atoms with Gasteiger partial charge in [-0.05, 0) is 49.9 Å². The summed E-state index contributed by atoms with van der Waals surface area (Å²) in [5, 5.41) is 9.72. The first-order valence-corrected chi connectivity index (χ1v) is 8.22. The second-order valence-electron chi connectivity index (χ2n) is 7.71. The highest BCUT2D eigenvalue weighted by atomic mass is 16.3. The molecular formula is C16H29N3O. The molecule has 4 heteroatoms. The van der Waals surface area contributed by atoms with Gasteiger partial charge >= 0.3 is 0 Å². The first kappa shape index (κ1) is 14.2. The Morgan fingerprint density at radius 2 is 1.95 bits per heavy atom. The molecule has 1 spiro atoms. The number of likely N-dealkylation sites (tertiary alicyclic amines) is 1. The first-order chi connectivity index (χ1) is 9.56. The maximum Gasteiger partial charge on any atom is 0.191 e. The number of aliphatic hydroxyl groups excluding tert-OH is 1. The second-order valence-corrected chi connectivity index (χ2v) is 7.71. The van der Waals surface area contributed by atoms with Crippen molar-refractivity contribution in [3.8, 4) is 0 Å². The van der Waals surface area contributed by atoms with Crippen LogP contribution in [0.3, 0.4) is 0 Å². The van der Waals surface area contributed by atoms with Crippen LogP contribution in [0.2, 0.25) is 0 Å². The minimum absolute atomic E-state index is 0.0358. The topological polar surface area (TPSA) is 61.8 Å². The van der Waals surface area contributed by atoms with E-state index in [9.17, 15) is 5.11 Å². The molecule has 3 N–H and O–H groups in total. The molecule has 0 amide bonds. The SMILES string of the molecule is CC1CCN(C(N)=NCC2(CO)CC3(CCC3)C2)CC1. The Balaban J connectivity index is 1.53. The number of guanidine groups is 1. The Labute approximate surface area is 122 Å². The van der Waals surface area contributed by atoms with Crippen LogP contribution in [-0.4, -0.2) is 42.2 Å². The summed E-state index contributed by atoms with van der Waals surface area (Å²) in [6.45, 7) is 5.35. The summed E-state index contributed by atoms with van der Waals surface area (Å²) in [7, 11) is 0. The molecule has 0 bridgehead atoms. The van der Waals surface area contributed by atoms with Crippen LogP contribution in [0, 0.1) is 16.7 Å². The summed E-state index contributed by atoms with van der Waals surface area (Å²) in [5.74, 6) is 1.51. The van der Waals surface area contributed by atoms with Crippen molar-refractivity contribution in [2.75, 3.05) is 26.2 Å². The third kappa shape index (κ3) is 2.54. The summed E-state index contributed by atoms with van der Waals surface area (Å²) in [5.41, 5.74) is 6.76. The number of nitrogens with zero attached hydrogens (tertiary/aromatic N) is 2. The van der Waals surface area contributed by atoms with Crippen molar-refractivity contribution >= 4 is 5.96 Å². The fraction of sp³-hybridized carbons (Fsp3) is 0.938. The quantitative estimate of drug-likeness (QED) is 0.613. The predicted molar refractivity (Wildman–Crippen MR) is 81.5 cm³/mol. The molecule has 4 nitrogen and oxygen atoms in total. The van der Waals surface area contributed by atoms with E-state index in [2.05, 4.69) is 16.8 Å². The zero-order valence-corrected chi connectivity index (χ0v) is 12.8. The number of nitrogens with two attached hydrogens (primary N) is 1. The average molecular weight is 279 g/mol. The first-order valence-electron chi connectivity index (χ1n) is 8.22. The molecule has 2 aliphatic carbocycles. The molecule has 3 rings (SSSR count). The lowest BCUT2D eigenvalue weighted by Gasteiger charge is -2.60. The van der Waals surface area contributed by atoms with Gasteiger partial charge in [0.1, 0.15) is 0 Å². The Hall–Kier alpha value is -0.770. The normalized spacial score (nSPS) is 29.1. The van der Waals surface area contributed by atoms with Crippen LogP contribution in [0.4, 0.5) is 0 Å². The van der Waals surface area contributed by atoms with Crippen molar-refractivity contribution in [3.63, 3.8) is 0 Å². The highest BCUT2D eigenvalue weighted by Crippen LogP contribution is 2.64. The molecule has 1 saturated heterocycles. The molecule has 0 aromatic rings. The van der Waals surface area contributed by atoms with Gasteiger partial charge < -0.3 is 15.7 Å². The molecule has 1 aliphatic heterocycles. The second kappa shape index (κ2) is 5.21. The lowest BCUT2D eigenvalue weighted by molar-refractivity contribution is -0.115. The van der Waals surface area contributed by atoms with E-state index < -0.39 is 0 Å². The molecule has 0 aromatic heterocycles. The predicted octanol–water partition coefficient (Wildman–Crippen LogP) is 1.98. The molecule has 3 aliphatic rings. The zero-order chi connectivity index (χ0) is 14.2. The van der Waals surface area contributed by atoms with Gasteiger partial charge in [0, 0.05) is 18.5 Å². The largest absolute Gasteiger partial charge is 0.396 e. The van der Waals surface area contributed by atoms with Gasteiger partial charge in [0.2, 0.25) is 0 Å². The number of hydrogen-bond acceptors (Lipinski definition) is 2. The van der Waals surface area contributed by atoms with Crippen LogP contribution in [0.1, 0.15) is 51.9 Å². The maximum absolute atomic E-state index is 9.72. The molecule has 0 atom stereocenters. The molecule has 0 aromatic carbocycles. The fourth-order valence-corrected chi connectivity index (χ4v) is 4.43. The highest BCUT2D eigenvalue weighted by Gasteiger charge is 2.56. The Morgan fingerprint density at radius 1 is 1.30 bits per heavy atom. The van der Waals surface area contributed by atoms with E-state index in [1.165, 1.54) is 32.1 Å². The van der Waals surface area contributed by atoms with E-state index in [0.29, 0.717) is 17.9 Å². The van der Waals surface area contributed by atoms with Crippen LogP contribution in [0.5, 0.6) is 0 Å². The average Bonchev–Trinajstić information content (AvgIpc) is 2.36. The lowest BCUT2D eigenvalue weighted by atomic mass is 9.45. The van der Waals surface area contributed by atoms with Crippen LogP contribution in [-0.2, 0) is 0 Å². The van der Waals surface area contributed by atoms with Crippen molar-refractivity contribution in [3.05, 3.63) is 0 Å². The van der Waals surface area contributed by atoms with E-state index in [1.54, 1.807) is 0 Å². The third-order valence-electron chi connectivity index (χ3n) is 5.93. The molecule has 2 saturated carbocycles. The smallest absolute Gasteiger partial charge is 0.191 e. The van der Waals surface area contributed by atoms with E-state index in [1.807, 2.05) is 0 Å². The minimum Gasteiger partial charge on any atom is -0.396 e. The highest BCUT2D eigenvalue weighted by molar-refractivity contribution is 5.78. The van der Waals surface area contributed by atoms with Crippen molar-refractivity contribution in [1.29, 1.82) is 0 Å². The van der Waals surface area contributed by atoms with Gasteiger partial charge in [-0.15, -0.1) is 0 Å². The van der Waals surface area contributed by atoms with Crippen molar-refractivity contribution < 1.29 is 5.11 Å². The Bertz CT molecular complexity index is 373. The third-order valence-corrected chi connectivity index (χ3v) is 5.93. The van der Waals surface area contributed by atoms with Crippen molar-refractivity contribution in [2.24, 2.45) is 27.5 Å². The van der Waals surface area contributed by atoms with Crippen LogP contribution in [0.15, 0.2) is 4.99 Å². The van der Waals surface area contributed by atoms with Gasteiger partial charge in [0.15, 0.2) is 5.96 Å². The number of aliphatic hydroxyl groups is 1. The number of aliphatic imine (C=N–C) groups is 1. The van der Waals surface area contributed by atoms with Gasteiger partial charge in [0.25, 0.3) is 0 Å². The Morgan fingerprint density at radius 3 is 2.45 bits per heavy atom. The standard InChI is InChI=1S/C16H29N3O/c1-13-3-7-19(8-4-13)14(17)18-11-16(12-20)9-15(10-16)5-2-6-15/h13,20H,2-12H2,1H3,(H2,17,18). The molecule has 0 unspecified atom stereocenters. The molecule has 20 heavy (non-hydrogen) atoms. The minimum atomic E-state index is 0.0358. The fourth-order valence-electron chi connectivity index (χ4n) is 4.43. The lowest BCUT2D eigenvalue weighted by Crippen LogP contribution is -2.54. The van der Waals surface area contributed by atoms with Crippen molar-refractivity contribution in [2.45, 2.75) is 51.9 Å². The number of piperidine rings is 1. The van der Waals surface area contributed by atoms with Gasteiger partial charge in [-0.2, -0.15) is 0 Å². The van der Waals surface area contributed by atoms with Gasteiger partial charge in [-0.1, -0.05) is 13.3 Å². The molecule has 0 radical (unpaired) electrons. The maximum atomic E-state index is 9.72. The summed E-state index contributed by atoms with van der Waals surface area (Å²) in [6.07, 6.45) is 8.83. The number of rotatable bonds is 3. The zero-order valence-electron chi connectivity index (χ0n) is 12.8.